The average molecular weight is 763 g/mol. The number of rotatable bonds is 14. The van der Waals surface area contributed by atoms with Crippen LogP contribution in [-0.4, -0.2) is 91.9 Å². The molecule has 1 aliphatic heterocycles. The van der Waals surface area contributed by atoms with E-state index in [1.807, 2.05) is 61.4 Å². The number of nitrogens with zero attached hydrogens (tertiary/aromatic N) is 8. The van der Waals surface area contributed by atoms with Crippen LogP contribution < -0.4 is 9.47 Å². The molecule has 268 valence electrons. The Hall–Kier alpha value is -3.25. The first-order valence-electron chi connectivity index (χ1n) is 16.8. The Morgan fingerprint density at radius 2 is 1.16 bits per heavy atom. The van der Waals surface area contributed by atoms with Gasteiger partial charge in [-0.1, -0.05) is 46.4 Å². The summed E-state index contributed by atoms with van der Waals surface area (Å²) in [4.78, 5) is 8.93. The van der Waals surface area contributed by atoms with Crippen molar-refractivity contribution in [2.45, 2.75) is 46.1 Å². The molecule has 14 heteroatoms. The molecule has 0 atom stereocenters. The van der Waals surface area contributed by atoms with Crippen LogP contribution in [0.4, 0.5) is 0 Å². The van der Waals surface area contributed by atoms with Crippen molar-refractivity contribution in [1.82, 2.24) is 38.9 Å². The second-order valence-corrected chi connectivity index (χ2v) is 14.0. The smallest absolute Gasteiger partial charge is 0.233 e. The molecular weight excluding hydrogens is 718 g/mol. The molecule has 1 fully saturated rings. The molecule has 3 aromatic heterocycles. The van der Waals surface area contributed by atoms with E-state index < -0.39 is 0 Å². The van der Waals surface area contributed by atoms with Gasteiger partial charge in [-0.15, -0.1) is 10.2 Å². The molecule has 0 radical (unpaired) electrons. The number of benzene rings is 2. The summed E-state index contributed by atoms with van der Waals surface area (Å²) in [7, 11) is 2.18. The van der Waals surface area contributed by atoms with Crippen molar-refractivity contribution in [1.29, 1.82) is 0 Å². The molecule has 2 aromatic carbocycles. The Balaban J connectivity index is 0.000000195. The van der Waals surface area contributed by atoms with Crippen LogP contribution in [0.1, 0.15) is 37.1 Å². The van der Waals surface area contributed by atoms with Gasteiger partial charge in [-0.05, 0) is 89.5 Å². The number of imidazole rings is 1. The summed E-state index contributed by atoms with van der Waals surface area (Å²) >= 11 is 24.1. The van der Waals surface area contributed by atoms with Crippen LogP contribution >= 0.6 is 46.4 Å². The van der Waals surface area contributed by atoms with Gasteiger partial charge in [0.05, 0.1) is 51.0 Å². The third-order valence-electron chi connectivity index (χ3n) is 8.36. The van der Waals surface area contributed by atoms with Crippen molar-refractivity contribution in [2.75, 3.05) is 53.0 Å². The van der Waals surface area contributed by atoms with Gasteiger partial charge in [0.2, 0.25) is 11.8 Å². The SMILES string of the molecule is Cc1cc(OCCCCN2CCN(C)CC2)nn1-c1ccc(Cl)c(Cl)c1.Cc1cc(OCCCCn2ccnc2)nn1-c1ccc(Cl)c(Cl)c1. The van der Waals surface area contributed by atoms with Crippen LogP contribution in [0, 0.1) is 13.8 Å². The van der Waals surface area contributed by atoms with Gasteiger partial charge >= 0.3 is 0 Å². The van der Waals surface area contributed by atoms with Crippen LogP contribution in [0.5, 0.6) is 11.8 Å². The molecule has 5 aromatic rings. The fourth-order valence-corrected chi connectivity index (χ4v) is 6.05. The molecule has 1 saturated heterocycles. The monoisotopic (exact) mass is 760 g/mol. The van der Waals surface area contributed by atoms with Gasteiger partial charge in [-0.25, -0.2) is 14.3 Å². The predicted molar refractivity (Wildman–Crippen MR) is 202 cm³/mol. The number of hydrogen-bond acceptors (Lipinski definition) is 7. The molecular formula is C36H44Cl4N8O2. The highest BCUT2D eigenvalue weighted by Gasteiger charge is 2.14. The first kappa shape index (κ1) is 38.0. The molecule has 0 N–H and O–H groups in total. The van der Waals surface area contributed by atoms with Crippen LogP contribution in [0.25, 0.3) is 11.4 Å². The number of unbranched alkanes of at least 4 members (excludes halogenated alkanes) is 2. The van der Waals surface area contributed by atoms with Gasteiger partial charge in [0.1, 0.15) is 0 Å². The van der Waals surface area contributed by atoms with Gasteiger partial charge < -0.3 is 23.8 Å². The predicted octanol–water partition coefficient (Wildman–Crippen LogP) is 8.44. The summed E-state index contributed by atoms with van der Waals surface area (Å²) in [5, 5.41) is 11.1. The van der Waals surface area contributed by atoms with E-state index in [1.54, 1.807) is 29.1 Å². The highest BCUT2D eigenvalue weighted by Crippen LogP contribution is 2.27. The Labute approximate surface area is 314 Å². The highest BCUT2D eigenvalue weighted by atomic mass is 35.5. The number of halogens is 4. The van der Waals surface area contributed by atoms with Crippen molar-refractivity contribution >= 4 is 46.4 Å². The standard InChI is InChI=1S/C19H26Cl2N4O.C17H18Cl2N4O/c1-15-13-19(22-25(15)16-5-6-17(20)18(21)14-16)26-12-4-3-7-24-10-8-23(2)9-11-24;1-13-10-17(24-9-3-2-7-22-8-6-20-12-22)21-23(13)14-4-5-15(18)16(19)11-14/h5-6,13-14H,3-4,7-12H2,1-2H3;4-6,8,10-12H,2-3,7,9H2,1H3. The lowest BCUT2D eigenvalue weighted by atomic mass is 10.2. The molecule has 0 unspecified atom stereocenters. The summed E-state index contributed by atoms with van der Waals surface area (Å²) in [6.45, 7) is 12.1. The molecule has 0 aliphatic carbocycles. The zero-order valence-electron chi connectivity index (χ0n) is 28.7. The topological polar surface area (TPSA) is 78.4 Å². The average Bonchev–Trinajstić information content (AvgIpc) is 3.85. The van der Waals surface area contributed by atoms with E-state index in [4.69, 9.17) is 55.9 Å². The van der Waals surface area contributed by atoms with E-state index >= 15 is 0 Å². The van der Waals surface area contributed by atoms with Gasteiger partial charge in [-0.2, -0.15) is 0 Å². The third kappa shape index (κ3) is 11.1. The maximum Gasteiger partial charge on any atom is 0.233 e. The van der Waals surface area contributed by atoms with Gasteiger partial charge in [0, 0.05) is 68.6 Å². The first-order valence-corrected chi connectivity index (χ1v) is 18.3. The first-order chi connectivity index (χ1) is 24.2. The maximum absolute atomic E-state index is 6.10. The summed E-state index contributed by atoms with van der Waals surface area (Å²) in [5.74, 6) is 1.26. The minimum Gasteiger partial charge on any atom is -0.477 e. The summed E-state index contributed by atoms with van der Waals surface area (Å²) in [6.07, 6.45) is 9.74. The van der Waals surface area contributed by atoms with Crippen LogP contribution in [-0.2, 0) is 6.54 Å². The molecule has 0 spiro atoms. The van der Waals surface area contributed by atoms with Crippen molar-refractivity contribution in [3.63, 3.8) is 0 Å². The summed E-state index contributed by atoms with van der Waals surface area (Å²) < 4.78 is 17.3. The Morgan fingerprint density at radius 1 is 0.640 bits per heavy atom. The van der Waals surface area contributed by atoms with Gasteiger partial charge in [0.15, 0.2) is 0 Å². The van der Waals surface area contributed by atoms with Crippen molar-refractivity contribution in [3.8, 4) is 23.1 Å². The lowest BCUT2D eigenvalue weighted by Gasteiger charge is -2.32. The number of likely N-dealkylation sites (N-methyl/N-ethyl adjacent to an activating group) is 1. The van der Waals surface area contributed by atoms with Crippen molar-refractivity contribution < 1.29 is 9.47 Å². The molecule has 50 heavy (non-hydrogen) atoms. The van der Waals surface area contributed by atoms with Crippen LogP contribution in [0.15, 0.2) is 67.3 Å². The molecule has 0 saturated carbocycles. The van der Waals surface area contributed by atoms with E-state index in [1.165, 1.54) is 26.2 Å². The maximum atomic E-state index is 6.10. The largest absolute Gasteiger partial charge is 0.477 e. The fraction of sp³-hybridized carbons (Fsp3) is 0.417. The minimum atomic E-state index is 0.506. The number of piperazine rings is 1. The number of ether oxygens (including phenoxy) is 2. The second kappa shape index (κ2) is 18.8. The van der Waals surface area contributed by atoms with Gasteiger partial charge in [-0.3, -0.25) is 0 Å². The molecule has 0 bridgehead atoms. The number of hydrogen-bond donors (Lipinski definition) is 0. The minimum absolute atomic E-state index is 0.506. The molecule has 10 nitrogen and oxygen atoms in total. The normalized spacial score (nSPS) is 13.7. The third-order valence-corrected chi connectivity index (χ3v) is 9.84. The Bertz CT molecular complexity index is 1780. The lowest BCUT2D eigenvalue weighted by molar-refractivity contribution is 0.149. The Kier molecular flexibility index (Phi) is 14.3. The molecule has 1 aliphatic rings. The van der Waals surface area contributed by atoms with E-state index in [-0.39, 0.29) is 0 Å². The lowest BCUT2D eigenvalue weighted by Crippen LogP contribution is -2.44. The van der Waals surface area contributed by atoms with E-state index in [9.17, 15) is 0 Å². The molecule has 4 heterocycles. The number of aryl methyl sites for hydroxylation is 3. The van der Waals surface area contributed by atoms with E-state index in [2.05, 4.69) is 36.6 Å². The van der Waals surface area contributed by atoms with Crippen molar-refractivity contribution in [3.05, 3.63) is 98.7 Å². The quantitative estimate of drug-likeness (QED) is 0.105. The molecule has 0 amide bonds. The summed E-state index contributed by atoms with van der Waals surface area (Å²) in [5.41, 5.74) is 3.70. The van der Waals surface area contributed by atoms with Crippen molar-refractivity contribution in [2.24, 2.45) is 0 Å². The van der Waals surface area contributed by atoms with Crippen LogP contribution in [0.2, 0.25) is 20.1 Å². The van der Waals surface area contributed by atoms with E-state index in [0.717, 1.165) is 61.5 Å². The highest BCUT2D eigenvalue weighted by molar-refractivity contribution is 6.42. The zero-order chi connectivity index (χ0) is 35.5. The fourth-order valence-electron chi connectivity index (χ4n) is 5.47. The van der Waals surface area contributed by atoms with E-state index in [0.29, 0.717) is 45.1 Å². The van der Waals surface area contributed by atoms with Gasteiger partial charge in [0.25, 0.3) is 0 Å². The second-order valence-electron chi connectivity index (χ2n) is 12.3. The summed E-state index contributed by atoms with van der Waals surface area (Å²) in [6, 6.07) is 14.8. The zero-order valence-corrected chi connectivity index (χ0v) is 31.8. The van der Waals surface area contributed by atoms with Crippen LogP contribution in [0.3, 0.4) is 0 Å². The molecule has 6 rings (SSSR count). The number of aromatic nitrogens is 6. The Morgan fingerprint density at radius 3 is 1.64 bits per heavy atom.